The van der Waals surface area contributed by atoms with Gasteiger partial charge in [-0.1, -0.05) is 11.6 Å². The van der Waals surface area contributed by atoms with Crippen LogP contribution < -0.4 is 10.6 Å². The second-order valence-corrected chi connectivity index (χ2v) is 4.94. The highest BCUT2D eigenvalue weighted by molar-refractivity contribution is 6.30. The molecular formula is C14H16ClN5O2. The Labute approximate surface area is 132 Å². The van der Waals surface area contributed by atoms with E-state index < -0.39 is 5.91 Å². The van der Waals surface area contributed by atoms with Gasteiger partial charge in [0.05, 0.1) is 12.2 Å². The van der Waals surface area contributed by atoms with E-state index in [4.69, 9.17) is 11.6 Å². The van der Waals surface area contributed by atoms with Gasteiger partial charge in [0.25, 0.3) is 5.91 Å². The summed E-state index contributed by atoms with van der Waals surface area (Å²) in [6.45, 7) is 3.94. The van der Waals surface area contributed by atoms with E-state index in [0.717, 1.165) is 5.69 Å². The number of hydrogen-bond acceptors (Lipinski definition) is 4. The molecule has 116 valence electrons. The van der Waals surface area contributed by atoms with Crippen LogP contribution in [0.4, 0.5) is 0 Å². The predicted octanol–water partition coefficient (Wildman–Crippen LogP) is 1.10. The largest absolute Gasteiger partial charge is 0.355 e. The molecule has 0 atom stereocenters. The van der Waals surface area contributed by atoms with Crippen molar-refractivity contribution in [3.63, 3.8) is 0 Å². The lowest BCUT2D eigenvalue weighted by Crippen LogP contribution is -2.37. The first-order chi connectivity index (χ1) is 10.5. The van der Waals surface area contributed by atoms with Crippen LogP contribution in [0.3, 0.4) is 0 Å². The van der Waals surface area contributed by atoms with E-state index in [1.807, 2.05) is 0 Å². The van der Waals surface area contributed by atoms with Crippen LogP contribution in [0, 0.1) is 6.92 Å². The Hall–Kier alpha value is -2.41. The highest BCUT2D eigenvalue weighted by Gasteiger charge is 2.15. The molecule has 7 nitrogen and oxygen atoms in total. The number of carbonyl (C=O) groups excluding carboxylic acids is 2. The van der Waals surface area contributed by atoms with Crippen molar-refractivity contribution in [1.82, 2.24) is 25.4 Å². The van der Waals surface area contributed by atoms with Crippen LogP contribution in [0.15, 0.2) is 24.3 Å². The van der Waals surface area contributed by atoms with E-state index in [1.54, 1.807) is 38.1 Å². The molecule has 0 unspecified atom stereocenters. The third-order valence-corrected chi connectivity index (χ3v) is 3.08. The number of nitrogens with zero attached hydrogens (tertiary/aromatic N) is 3. The van der Waals surface area contributed by atoms with Crippen molar-refractivity contribution in [3.8, 4) is 5.69 Å². The maximum atomic E-state index is 12.0. The third kappa shape index (κ3) is 3.82. The fraction of sp³-hybridized carbons (Fsp3) is 0.286. The van der Waals surface area contributed by atoms with Gasteiger partial charge in [-0.05, 0) is 38.1 Å². The van der Waals surface area contributed by atoms with Crippen LogP contribution in [0.5, 0.6) is 0 Å². The molecule has 0 saturated heterocycles. The Morgan fingerprint density at radius 3 is 2.55 bits per heavy atom. The summed E-state index contributed by atoms with van der Waals surface area (Å²) in [5.41, 5.74) is 0.747. The van der Waals surface area contributed by atoms with Crippen molar-refractivity contribution in [2.45, 2.75) is 13.8 Å². The second kappa shape index (κ2) is 7.04. The molecule has 0 aliphatic carbocycles. The molecule has 2 aromatic rings. The molecule has 2 amide bonds. The van der Waals surface area contributed by atoms with Gasteiger partial charge in [-0.2, -0.15) is 0 Å². The lowest BCUT2D eigenvalue weighted by atomic mass is 10.3. The van der Waals surface area contributed by atoms with Crippen LogP contribution in [-0.2, 0) is 4.79 Å². The number of aryl methyl sites for hydroxylation is 1. The zero-order valence-corrected chi connectivity index (χ0v) is 13.0. The van der Waals surface area contributed by atoms with Crippen LogP contribution in [0.1, 0.15) is 23.4 Å². The van der Waals surface area contributed by atoms with E-state index in [9.17, 15) is 9.59 Å². The highest BCUT2D eigenvalue weighted by atomic mass is 35.5. The smallest absolute Gasteiger partial charge is 0.291 e. The Balaban J connectivity index is 2.10. The van der Waals surface area contributed by atoms with Gasteiger partial charge in [-0.3, -0.25) is 9.59 Å². The van der Waals surface area contributed by atoms with Gasteiger partial charge in [-0.15, -0.1) is 5.10 Å². The lowest BCUT2D eigenvalue weighted by Gasteiger charge is -2.03. The molecule has 22 heavy (non-hydrogen) atoms. The highest BCUT2D eigenvalue weighted by Crippen LogP contribution is 2.14. The molecule has 2 N–H and O–H groups in total. The average molecular weight is 322 g/mol. The van der Waals surface area contributed by atoms with Gasteiger partial charge in [0, 0.05) is 11.6 Å². The molecule has 1 aromatic heterocycles. The molecule has 0 fully saturated rings. The molecule has 0 saturated carbocycles. The van der Waals surface area contributed by atoms with Crippen molar-refractivity contribution < 1.29 is 9.59 Å². The minimum atomic E-state index is -0.498. The minimum Gasteiger partial charge on any atom is -0.355 e. The summed E-state index contributed by atoms with van der Waals surface area (Å²) < 4.78 is 1.54. The Bertz CT molecular complexity index is 681. The number of carbonyl (C=O) groups is 2. The van der Waals surface area contributed by atoms with Gasteiger partial charge < -0.3 is 10.6 Å². The Morgan fingerprint density at radius 2 is 1.91 bits per heavy atom. The maximum absolute atomic E-state index is 12.0. The Morgan fingerprint density at radius 1 is 1.23 bits per heavy atom. The summed E-state index contributed by atoms with van der Waals surface area (Å²) >= 11 is 5.84. The number of halogens is 1. The van der Waals surface area contributed by atoms with E-state index in [0.29, 0.717) is 17.4 Å². The Kier molecular flexibility index (Phi) is 5.11. The zero-order valence-electron chi connectivity index (χ0n) is 12.3. The molecule has 1 heterocycles. The van der Waals surface area contributed by atoms with Crippen molar-refractivity contribution >= 4 is 23.4 Å². The number of likely N-dealkylation sites (N-methyl/N-ethyl adjacent to an activating group) is 1. The minimum absolute atomic E-state index is 0.0109. The van der Waals surface area contributed by atoms with E-state index in [-0.39, 0.29) is 18.3 Å². The average Bonchev–Trinajstić information content (AvgIpc) is 2.88. The molecule has 0 aliphatic heterocycles. The molecule has 0 aliphatic rings. The van der Waals surface area contributed by atoms with Crippen LogP contribution in [0.25, 0.3) is 5.69 Å². The van der Waals surface area contributed by atoms with Gasteiger partial charge in [0.15, 0.2) is 0 Å². The molecule has 2 rings (SSSR count). The summed E-state index contributed by atoms with van der Waals surface area (Å²) in [5, 5.41) is 9.83. The normalized spacial score (nSPS) is 10.3. The predicted molar refractivity (Wildman–Crippen MR) is 82.1 cm³/mol. The number of amides is 2. The molecule has 0 radical (unpaired) electrons. The third-order valence-electron chi connectivity index (χ3n) is 2.83. The molecule has 1 aromatic carbocycles. The lowest BCUT2D eigenvalue weighted by molar-refractivity contribution is -0.120. The first-order valence-corrected chi connectivity index (χ1v) is 7.13. The van der Waals surface area contributed by atoms with Crippen molar-refractivity contribution in [3.05, 3.63) is 40.9 Å². The standard InChI is InChI=1S/C14H16ClN5O2/c1-3-16-12(21)8-17-14(22)13-18-9(2)20(19-13)11-6-4-10(15)5-7-11/h4-7H,3,8H2,1-2H3,(H,16,21)(H,17,22). The van der Waals surface area contributed by atoms with Gasteiger partial charge in [0.2, 0.25) is 11.7 Å². The van der Waals surface area contributed by atoms with Crippen molar-refractivity contribution in [2.75, 3.05) is 13.1 Å². The second-order valence-electron chi connectivity index (χ2n) is 4.51. The van der Waals surface area contributed by atoms with E-state index in [1.165, 1.54) is 4.68 Å². The van der Waals surface area contributed by atoms with Gasteiger partial charge in [-0.25, -0.2) is 9.67 Å². The van der Waals surface area contributed by atoms with Crippen LogP contribution in [-0.4, -0.2) is 39.7 Å². The quantitative estimate of drug-likeness (QED) is 0.863. The van der Waals surface area contributed by atoms with Crippen LogP contribution >= 0.6 is 11.6 Å². The molecular weight excluding hydrogens is 306 g/mol. The summed E-state index contributed by atoms with van der Waals surface area (Å²) in [6, 6.07) is 7.01. The zero-order chi connectivity index (χ0) is 16.1. The topological polar surface area (TPSA) is 88.9 Å². The monoisotopic (exact) mass is 321 g/mol. The van der Waals surface area contributed by atoms with Crippen molar-refractivity contribution in [2.24, 2.45) is 0 Å². The van der Waals surface area contributed by atoms with Crippen molar-refractivity contribution in [1.29, 1.82) is 0 Å². The summed E-state index contributed by atoms with van der Waals surface area (Å²) in [7, 11) is 0. The summed E-state index contributed by atoms with van der Waals surface area (Å²) in [4.78, 5) is 27.4. The first-order valence-electron chi connectivity index (χ1n) is 6.75. The van der Waals surface area contributed by atoms with Gasteiger partial charge >= 0.3 is 0 Å². The molecule has 0 bridgehead atoms. The number of rotatable bonds is 5. The molecule has 8 heteroatoms. The van der Waals surface area contributed by atoms with Gasteiger partial charge in [0.1, 0.15) is 5.82 Å². The summed E-state index contributed by atoms with van der Waals surface area (Å²) in [5.74, 6) is -0.186. The maximum Gasteiger partial charge on any atom is 0.291 e. The van der Waals surface area contributed by atoms with E-state index >= 15 is 0 Å². The first kappa shape index (κ1) is 16.0. The number of hydrogen-bond donors (Lipinski definition) is 2. The fourth-order valence-electron chi connectivity index (χ4n) is 1.81. The fourth-order valence-corrected chi connectivity index (χ4v) is 1.94. The SMILES string of the molecule is CCNC(=O)CNC(=O)c1nc(C)n(-c2ccc(Cl)cc2)n1. The molecule has 0 spiro atoms. The number of aromatic nitrogens is 3. The van der Waals surface area contributed by atoms with Crippen LogP contribution in [0.2, 0.25) is 5.02 Å². The number of benzene rings is 1. The summed E-state index contributed by atoms with van der Waals surface area (Å²) in [6.07, 6.45) is 0. The number of nitrogens with one attached hydrogen (secondary N) is 2. The van der Waals surface area contributed by atoms with E-state index in [2.05, 4.69) is 20.7 Å².